The second-order valence-electron chi connectivity index (χ2n) is 13.3. The minimum Gasteiger partial charge on any atom is -0.393 e. The quantitative estimate of drug-likeness (QED) is 0.498. The van der Waals surface area contributed by atoms with Gasteiger partial charge in [-0.2, -0.15) is 0 Å². The van der Waals surface area contributed by atoms with Gasteiger partial charge in [0.2, 0.25) is 0 Å². The van der Waals surface area contributed by atoms with Gasteiger partial charge in [0.25, 0.3) is 0 Å². The van der Waals surface area contributed by atoms with E-state index in [1.54, 1.807) is 5.57 Å². The van der Waals surface area contributed by atoms with Gasteiger partial charge in [-0.1, -0.05) is 53.2 Å². The van der Waals surface area contributed by atoms with Crippen molar-refractivity contribution in [2.24, 2.45) is 45.8 Å². The number of fused-ring (bicyclic) bond motifs is 5. The molecule has 0 heterocycles. The first-order valence-electron chi connectivity index (χ1n) is 13.0. The Balaban J connectivity index is 1.47. The molecule has 0 aromatic heterocycles. The maximum Gasteiger partial charge on any atom is 0.0588 e. The molecular formula is C28H48O2. The standard InChI is InChI=1S/C28H48O2/c1-18(7-12-25(30)26(2,3)4)22-10-11-23-21-9-8-19-17-20(29)13-15-27(19,5)24(21)14-16-28(22,23)6/h8,18,20-25,29-30H,7,9-17H2,1-6H3/t18-,20+,21+,22-,23+,24+,25?,27+,28-/m1/s1. The smallest absolute Gasteiger partial charge is 0.0588 e. The predicted molar refractivity (Wildman–Crippen MR) is 125 cm³/mol. The molecule has 4 rings (SSSR count). The molecular weight excluding hydrogens is 368 g/mol. The highest BCUT2D eigenvalue weighted by molar-refractivity contribution is 5.25. The molecule has 0 aromatic rings. The molecule has 2 heteroatoms. The zero-order valence-electron chi connectivity index (χ0n) is 20.6. The summed E-state index contributed by atoms with van der Waals surface area (Å²) in [6.45, 7) is 14.1. The highest BCUT2D eigenvalue weighted by Gasteiger charge is 2.59. The Labute approximate surface area is 185 Å². The van der Waals surface area contributed by atoms with Crippen LogP contribution >= 0.6 is 0 Å². The van der Waals surface area contributed by atoms with Crippen LogP contribution < -0.4 is 0 Å². The van der Waals surface area contributed by atoms with Gasteiger partial charge in [-0.25, -0.2) is 0 Å². The third-order valence-electron chi connectivity index (χ3n) is 10.7. The Bertz CT molecular complexity index is 660. The average Bonchev–Trinajstić information content (AvgIpc) is 3.03. The summed E-state index contributed by atoms with van der Waals surface area (Å²) in [5, 5.41) is 20.8. The van der Waals surface area contributed by atoms with Crippen LogP contribution in [0.4, 0.5) is 0 Å². The lowest BCUT2D eigenvalue weighted by Crippen LogP contribution is -2.50. The van der Waals surface area contributed by atoms with E-state index in [1.165, 1.54) is 44.9 Å². The first-order chi connectivity index (χ1) is 14.0. The van der Waals surface area contributed by atoms with Gasteiger partial charge in [-0.15, -0.1) is 0 Å². The number of aliphatic hydroxyl groups is 2. The molecule has 30 heavy (non-hydrogen) atoms. The summed E-state index contributed by atoms with van der Waals surface area (Å²) < 4.78 is 0. The molecule has 9 atom stereocenters. The molecule has 4 aliphatic carbocycles. The lowest BCUT2D eigenvalue weighted by molar-refractivity contribution is -0.0584. The summed E-state index contributed by atoms with van der Waals surface area (Å²) in [5.74, 6) is 4.09. The highest BCUT2D eigenvalue weighted by Crippen LogP contribution is 2.67. The van der Waals surface area contributed by atoms with Crippen molar-refractivity contribution in [2.45, 2.75) is 118 Å². The topological polar surface area (TPSA) is 40.5 Å². The number of rotatable bonds is 4. The van der Waals surface area contributed by atoms with Crippen LogP contribution in [-0.2, 0) is 0 Å². The van der Waals surface area contributed by atoms with E-state index in [2.05, 4.69) is 47.6 Å². The lowest BCUT2D eigenvalue weighted by atomic mass is 9.47. The summed E-state index contributed by atoms with van der Waals surface area (Å²) in [7, 11) is 0. The second-order valence-corrected chi connectivity index (χ2v) is 13.3. The largest absolute Gasteiger partial charge is 0.393 e. The van der Waals surface area contributed by atoms with Crippen LogP contribution in [0.1, 0.15) is 106 Å². The van der Waals surface area contributed by atoms with E-state index in [9.17, 15) is 10.2 Å². The molecule has 0 spiro atoms. The molecule has 3 saturated carbocycles. The van der Waals surface area contributed by atoms with Crippen molar-refractivity contribution in [3.8, 4) is 0 Å². The highest BCUT2D eigenvalue weighted by atomic mass is 16.3. The summed E-state index contributed by atoms with van der Waals surface area (Å²) in [4.78, 5) is 0. The molecule has 0 aromatic carbocycles. The zero-order valence-corrected chi connectivity index (χ0v) is 20.6. The van der Waals surface area contributed by atoms with Gasteiger partial charge in [0, 0.05) is 0 Å². The Morgan fingerprint density at radius 1 is 1.03 bits per heavy atom. The Hall–Kier alpha value is -0.340. The van der Waals surface area contributed by atoms with Crippen LogP contribution in [0.2, 0.25) is 0 Å². The summed E-state index contributed by atoms with van der Waals surface area (Å²) >= 11 is 0. The predicted octanol–water partition coefficient (Wildman–Crippen LogP) is 6.75. The fourth-order valence-electron chi connectivity index (χ4n) is 8.67. The SMILES string of the molecule is C[C@H](CCC(O)C(C)(C)C)[C@H]1CC[C@H]2[C@@H]3CC=C4C[C@@H](O)CC[C@]4(C)[C@H]3CC[C@]12C. The summed E-state index contributed by atoms with van der Waals surface area (Å²) in [6.07, 6.45) is 14.3. The number of hydrogen-bond acceptors (Lipinski definition) is 2. The van der Waals surface area contributed by atoms with Gasteiger partial charge < -0.3 is 10.2 Å². The van der Waals surface area contributed by atoms with Crippen LogP contribution in [0.25, 0.3) is 0 Å². The van der Waals surface area contributed by atoms with Crippen molar-refractivity contribution in [3.05, 3.63) is 11.6 Å². The van der Waals surface area contributed by atoms with E-state index in [0.29, 0.717) is 16.7 Å². The molecule has 0 aliphatic heterocycles. The summed E-state index contributed by atoms with van der Waals surface area (Å²) in [6, 6.07) is 0. The third-order valence-corrected chi connectivity index (χ3v) is 10.7. The van der Waals surface area contributed by atoms with Crippen molar-refractivity contribution in [1.29, 1.82) is 0 Å². The molecule has 1 unspecified atom stereocenters. The van der Waals surface area contributed by atoms with E-state index >= 15 is 0 Å². The van der Waals surface area contributed by atoms with Crippen molar-refractivity contribution < 1.29 is 10.2 Å². The van der Waals surface area contributed by atoms with E-state index in [0.717, 1.165) is 42.9 Å². The van der Waals surface area contributed by atoms with E-state index in [1.807, 2.05) is 0 Å². The minimum atomic E-state index is -0.191. The maximum absolute atomic E-state index is 10.6. The third kappa shape index (κ3) is 3.72. The Morgan fingerprint density at radius 2 is 1.77 bits per heavy atom. The number of aliphatic hydroxyl groups excluding tert-OH is 2. The molecule has 3 fully saturated rings. The molecule has 4 aliphatic rings. The van der Waals surface area contributed by atoms with Crippen LogP contribution in [0, 0.1) is 45.8 Å². The molecule has 2 nitrogen and oxygen atoms in total. The summed E-state index contributed by atoms with van der Waals surface area (Å²) in [5.41, 5.74) is 2.42. The molecule has 172 valence electrons. The molecule has 0 bridgehead atoms. The first kappa shape index (κ1) is 22.8. The van der Waals surface area contributed by atoms with Crippen molar-refractivity contribution in [2.75, 3.05) is 0 Å². The van der Waals surface area contributed by atoms with Crippen molar-refractivity contribution in [1.82, 2.24) is 0 Å². The zero-order chi connectivity index (χ0) is 21.9. The van der Waals surface area contributed by atoms with E-state index < -0.39 is 0 Å². The van der Waals surface area contributed by atoms with Gasteiger partial charge in [0.1, 0.15) is 0 Å². The second kappa shape index (κ2) is 7.91. The fraction of sp³-hybridized carbons (Fsp3) is 0.929. The van der Waals surface area contributed by atoms with Crippen molar-refractivity contribution in [3.63, 3.8) is 0 Å². The molecule has 0 saturated heterocycles. The fourth-order valence-corrected chi connectivity index (χ4v) is 8.67. The van der Waals surface area contributed by atoms with Gasteiger partial charge in [-0.05, 0) is 110 Å². The molecule has 0 radical (unpaired) electrons. The monoisotopic (exact) mass is 416 g/mol. The normalized spacial score (nSPS) is 45.7. The van der Waals surface area contributed by atoms with Crippen LogP contribution in [-0.4, -0.2) is 22.4 Å². The van der Waals surface area contributed by atoms with Crippen LogP contribution in [0.5, 0.6) is 0 Å². The Morgan fingerprint density at radius 3 is 2.47 bits per heavy atom. The maximum atomic E-state index is 10.6. The first-order valence-corrected chi connectivity index (χ1v) is 13.0. The number of hydrogen-bond donors (Lipinski definition) is 2. The van der Waals surface area contributed by atoms with Gasteiger partial charge in [-0.3, -0.25) is 0 Å². The molecule has 2 N–H and O–H groups in total. The lowest BCUT2D eigenvalue weighted by Gasteiger charge is -2.58. The minimum absolute atomic E-state index is 0.00491. The Kier molecular flexibility index (Phi) is 6.02. The average molecular weight is 417 g/mol. The van der Waals surface area contributed by atoms with Crippen molar-refractivity contribution >= 4 is 0 Å². The van der Waals surface area contributed by atoms with E-state index in [-0.39, 0.29) is 17.6 Å². The van der Waals surface area contributed by atoms with Crippen LogP contribution in [0.15, 0.2) is 11.6 Å². The van der Waals surface area contributed by atoms with Gasteiger partial charge >= 0.3 is 0 Å². The van der Waals surface area contributed by atoms with Crippen LogP contribution in [0.3, 0.4) is 0 Å². The van der Waals surface area contributed by atoms with E-state index in [4.69, 9.17) is 0 Å². The van der Waals surface area contributed by atoms with Gasteiger partial charge in [0.15, 0.2) is 0 Å². The number of allylic oxidation sites excluding steroid dienone is 1. The van der Waals surface area contributed by atoms with Gasteiger partial charge in [0.05, 0.1) is 12.2 Å². The molecule has 0 amide bonds.